The number of likely N-dealkylation sites (tertiary alicyclic amines) is 1. The first-order valence-electron chi connectivity index (χ1n) is 10.5. The van der Waals surface area contributed by atoms with Gasteiger partial charge in [0.2, 0.25) is 0 Å². The Hall–Kier alpha value is -2.18. The summed E-state index contributed by atoms with van der Waals surface area (Å²) in [5, 5.41) is 10.8. The minimum atomic E-state index is -1.31. The highest BCUT2D eigenvalue weighted by Crippen LogP contribution is 2.46. The molecule has 30 heavy (non-hydrogen) atoms. The van der Waals surface area contributed by atoms with Gasteiger partial charge in [0.1, 0.15) is 11.5 Å². The first-order valence-corrected chi connectivity index (χ1v) is 10.5. The van der Waals surface area contributed by atoms with Crippen molar-refractivity contribution in [1.29, 1.82) is 0 Å². The second kappa shape index (κ2) is 8.52. The van der Waals surface area contributed by atoms with Crippen molar-refractivity contribution in [2.75, 3.05) is 27.3 Å². The number of rotatable bonds is 6. The van der Waals surface area contributed by atoms with E-state index >= 15 is 4.39 Å². The van der Waals surface area contributed by atoms with Gasteiger partial charge < -0.3 is 14.6 Å². The quantitative estimate of drug-likeness (QED) is 0.755. The van der Waals surface area contributed by atoms with E-state index in [1.807, 2.05) is 12.1 Å². The van der Waals surface area contributed by atoms with Gasteiger partial charge in [0, 0.05) is 25.2 Å². The van der Waals surface area contributed by atoms with Gasteiger partial charge in [-0.2, -0.15) is 0 Å². The van der Waals surface area contributed by atoms with Crippen LogP contribution in [0.2, 0.25) is 0 Å². The van der Waals surface area contributed by atoms with Crippen LogP contribution in [0.15, 0.2) is 36.4 Å². The molecule has 2 aromatic rings. The number of piperidine rings is 1. The Morgan fingerprint density at radius 1 is 1.10 bits per heavy atom. The number of methoxy groups -OCH3 is 2. The van der Waals surface area contributed by atoms with E-state index < -0.39 is 11.8 Å². The maximum absolute atomic E-state index is 15.6. The Morgan fingerprint density at radius 3 is 2.43 bits per heavy atom. The molecule has 2 aromatic carbocycles. The lowest BCUT2D eigenvalue weighted by molar-refractivity contribution is 0.00912. The predicted molar refractivity (Wildman–Crippen MR) is 111 cm³/mol. The Morgan fingerprint density at radius 2 is 1.77 bits per heavy atom. The van der Waals surface area contributed by atoms with Crippen LogP contribution in [0.4, 0.5) is 8.78 Å². The van der Waals surface area contributed by atoms with Gasteiger partial charge in [-0.15, -0.1) is 0 Å². The van der Waals surface area contributed by atoms with Crippen LogP contribution in [-0.2, 0) is 13.0 Å². The number of benzene rings is 2. The number of fused-ring (bicyclic) bond motifs is 1. The molecule has 162 valence electrons. The average molecular weight is 417 g/mol. The number of alkyl halides is 1. The molecule has 0 bridgehead atoms. The molecule has 0 saturated carbocycles. The second-order valence-electron chi connectivity index (χ2n) is 8.54. The lowest BCUT2D eigenvalue weighted by Gasteiger charge is -2.38. The van der Waals surface area contributed by atoms with Crippen molar-refractivity contribution in [3.05, 3.63) is 58.9 Å². The fourth-order valence-corrected chi connectivity index (χ4v) is 4.87. The number of ether oxygens (including phenoxy) is 2. The highest BCUT2D eigenvalue weighted by molar-refractivity contribution is 5.50. The molecule has 2 aliphatic rings. The minimum absolute atomic E-state index is 0.167. The molecular formula is C24H29F2NO3. The van der Waals surface area contributed by atoms with E-state index in [0.717, 1.165) is 11.1 Å². The van der Waals surface area contributed by atoms with E-state index in [4.69, 9.17) is 9.47 Å². The third kappa shape index (κ3) is 4.16. The van der Waals surface area contributed by atoms with Crippen LogP contribution in [0.5, 0.6) is 11.5 Å². The Kier molecular flexibility index (Phi) is 5.98. The monoisotopic (exact) mass is 417 g/mol. The van der Waals surface area contributed by atoms with Crippen molar-refractivity contribution < 1.29 is 23.4 Å². The van der Waals surface area contributed by atoms with Crippen LogP contribution in [0.25, 0.3) is 0 Å². The topological polar surface area (TPSA) is 41.9 Å². The maximum atomic E-state index is 15.6. The standard InChI is InChI=1S/C24H29F2NO3/c1-29-21-12-17-11-18(23(28)19(17)13-22(21)30-2)14-24(26)7-9-27(10-8-24)15-16-5-3-4-6-20(16)25/h3-6,12-13,18,23,28H,7-11,14-15H2,1-2H3. The number of hydrogen-bond donors (Lipinski definition) is 1. The number of halogens is 2. The molecule has 0 radical (unpaired) electrons. The van der Waals surface area contributed by atoms with Gasteiger partial charge in [-0.05, 0) is 60.9 Å². The van der Waals surface area contributed by atoms with Crippen LogP contribution < -0.4 is 9.47 Å². The molecule has 1 aliphatic carbocycles. The smallest absolute Gasteiger partial charge is 0.161 e. The van der Waals surface area contributed by atoms with Gasteiger partial charge >= 0.3 is 0 Å². The zero-order chi connectivity index (χ0) is 21.3. The average Bonchev–Trinajstić information content (AvgIpc) is 3.04. The summed E-state index contributed by atoms with van der Waals surface area (Å²) < 4.78 is 40.2. The van der Waals surface area contributed by atoms with E-state index in [-0.39, 0.29) is 11.7 Å². The van der Waals surface area contributed by atoms with Crippen molar-refractivity contribution >= 4 is 0 Å². The van der Waals surface area contributed by atoms with Crippen LogP contribution >= 0.6 is 0 Å². The van der Waals surface area contributed by atoms with Gasteiger partial charge in [0.25, 0.3) is 0 Å². The summed E-state index contributed by atoms with van der Waals surface area (Å²) in [6.07, 6.45) is 1.04. The van der Waals surface area contributed by atoms with Gasteiger partial charge in [-0.25, -0.2) is 8.78 Å². The van der Waals surface area contributed by atoms with Crippen molar-refractivity contribution in [3.63, 3.8) is 0 Å². The van der Waals surface area contributed by atoms with E-state index in [2.05, 4.69) is 4.90 Å². The number of hydrogen-bond acceptors (Lipinski definition) is 4. The minimum Gasteiger partial charge on any atom is -0.493 e. The summed E-state index contributed by atoms with van der Waals surface area (Å²) in [4.78, 5) is 2.10. The van der Waals surface area contributed by atoms with E-state index in [9.17, 15) is 9.50 Å². The lowest BCUT2D eigenvalue weighted by atomic mass is 9.82. The molecule has 2 atom stereocenters. The fraction of sp³-hybridized carbons (Fsp3) is 0.500. The van der Waals surface area contributed by atoms with Gasteiger partial charge in [0.15, 0.2) is 11.5 Å². The predicted octanol–water partition coefficient (Wildman–Crippen LogP) is 4.44. The Bertz CT molecular complexity index is 896. The molecule has 1 aliphatic heterocycles. The third-order valence-electron chi connectivity index (χ3n) is 6.62. The molecule has 4 nitrogen and oxygen atoms in total. The zero-order valence-electron chi connectivity index (χ0n) is 17.5. The summed E-state index contributed by atoms with van der Waals surface area (Å²) in [5.74, 6) is 0.820. The largest absolute Gasteiger partial charge is 0.493 e. The SMILES string of the molecule is COc1cc2c(cc1OC)C(O)C(CC1(F)CCN(Cc3ccccc3F)CC1)C2. The number of aliphatic hydroxyl groups is 1. The van der Waals surface area contributed by atoms with Crippen molar-refractivity contribution in [2.24, 2.45) is 5.92 Å². The molecule has 0 aromatic heterocycles. The summed E-state index contributed by atoms with van der Waals surface area (Å²) >= 11 is 0. The van der Waals surface area contributed by atoms with Crippen molar-refractivity contribution in [2.45, 2.75) is 44.0 Å². The molecule has 1 fully saturated rings. The van der Waals surface area contributed by atoms with Gasteiger partial charge in [-0.3, -0.25) is 4.90 Å². The summed E-state index contributed by atoms with van der Waals surface area (Å²) in [6.45, 7) is 1.67. The van der Waals surface area contributed by atoms with Crippen LogP contribution in [0, 0.1) is 11.7 Å². The normalized spacial score (nSPS) is 23.2. The second-order valence-corrected chi connectivity index (χ2v) is 8.54. The van der Waals surface area contributed by atoms with Crippen molar-refractivity contribution in [3.8, 4) is 11.5 Å². The fourth-order valence-electron chi connectivity index (χ4n) is 4.87. The molecular weight excluding hydrogens is 388 g/mol. The van der Waals surface area contributed by atoms with Gasteiger partial charge in [-0.1, -0.05) is 18.2 Å². The highest BCUT2D eigenvalue weighted by atomic mass is 19.1. The molecule has 0 spiro atoms. The van der Waals surface area contributed by atoms with E-state index in [1.165, 1.54) is 6.07 Å². The number of aliphatic hydroxyl groups excluding tert-OH is 1. The maximum Gasteiger partial charge on any atom is 0.161 e. The molecule has 2 unspecified atom stereocenters. The third-order valence-corrected chi connectivity index (χ3v) is 6.62. The molecule has 4 rings (SSSR count). The highest BCUT2D eigenvalue weighted by Gasteiger charge is 2.42. The van der Waals surface area contributed by atoms with Crippen LogP contribution in [-0.4, -0.2) is 43.0 Å². The summed E-state index contributed by atoms with van der Waals surface area (Å²) in [5.41, 5.74) is 1.13. The molecule has 1 N–H and O–H groups in total. The molecule has 0 amide bonds. The lowest BCUT2D eigenvalue weighted by Crippen LogP contribution is -2.42. The Balaban J connectivity index is 1.38. The zero-order valence-corrected chi connectivity index (χ0v) is 17.5. The van der Waals surface area contributed by atoms with E-state index in [1.54, 1.807) is 32.4 Å². The van der Waals surface area contributed by atoms with Crippen LogP contribution in [0.3, 0.4) is 0 Å². The van der Waals surface area contributed by atoms with E-state index in [0.29, 0.717) is 62.4 Å². The summed E-state index contributed by atoms with van der Waals surface area (Å²) in [7, 11) is 3.15. The van der Waals surface area contributed by atoms with Gasteiger partial charge in [0.05, 0.1) is 20.3 Å². The molecule has 1 saturated heterocycles. The first kappa shape index (κ1) is 21.1. The number of nitrogens with zero attached hydrogens (tertiary/aromatic N) is 1. The molecule has 6 heteroatoms. The van der Waals surface area contributed by atoms with Crippen LogP contribution in [0.1, 0.15) is 42.1 Å². The summed E-state index contributed by atoms with van der Waals surface area (Å²) in [6, 6.07) is 10.4. The molecule has 1 heterocycles. The van der Waals surface area contributed by atoms with Crippen molar-refractivity contribution in [1.82, 2.24) is 4.90 Å². The first-order chi connectivity index (χ1) is 14.4. The Labute approximate surface area is 176 Å².